The van der Waals surface area contributed by atoms with Crippen LogP contribution in [0.1, 0.15) is 16.8 Å². The maximum atomic E-state index is 12.9. The van der Waals surface area contributed by atoms with Gasteiger partial charge in [-0.05, 0) is 24.3 Å². The Hall–Kier alpha value is -3.15. The van der Waals surface area contributed by atoms with Crippen molar-refractivity contribution in [2.24, 2.45) is 0 Å². The summed E-state index contributed by atoms with van der Waals surface area (Å²) in [6, 6.07) is 17.0. The van der Waals surface area contributed by atoms with Gasteiger partial charge in [0.25, 0.3) is 11.8 Å². The molecule has 0 N–H and O–H groups in total. The van der Waals surface area contributed by atoms with Crippen LogP contribution >= 0.6 is 0 Å². The van der Waals surface area contributed by atoms with Crippen LogP contribution in [-0.2, 0) is 9.53 Å². The van der Waals surface area contributed by atoms with Crippen LogP contribution in [0, 0.1) is 0 Å². The summed E-state index contributed by atoms with van der Waals surface area (Å²) < 4.78 is 4.92. The molecule has 1 aliphatic rings. The van der Waals surface area contributed by atoms with E-state index in [1.165, 1.54) is 0 Å². The molecule has 3 rings (SSSR count). The Balaban J connectivity index is 2.06. The number of hydrogen-bond donors (Lipinski definition) is 0. The van der Waals surface area contributed by atoms with E-state index in [1.54, 1.807) is 60.7 Å². The number of carbonyl (C=O) groups is 3. The van der Waals surface area contributed by atoms with Crippen molar-refractivity contribution in [3.05, 3.63) is 66.2 Å². The lowest BCUT2D eigenvalue weighted by Gasteiger charge is -2.34. The molecule has 0 bridgehead atoms. The Bertz CT molecular complexity index is 715. The minimum atomic E-state index is -0.852. The number of ether oxygens (including phenoxy) is 1. The number of carbonyl (C=O) groups excluding carboxylic acids is 3. The van der Waals surface area contributed by atoms with Gasteiger partial charge in [0.05, 0.1) is 12.1 Å². The van der Waals surface area contributed by atoms with Crippen molar-refractivity contribution in [2.75, 3.05) is 11.6 Å². The van der Waals surface area contributed by atoms with Gasteiger partial charge in [-0.2, -0.15) is 0 Å². The molecule has 6 nitrogen and oxygen atoms in total. The smallest absolute Gasteiger partial charge is 0.436 e. The first-order valence-electron chi connectivity index (χ1n) is 7.12. The number of hydrazine groups is 1. The van der Waals surface area contributed by atoms with Gasteiger partial charge >= 0.3 is 6.09 Å². The maximum Gasteiger partial charge on any atom is 0.436 e. The van der Waals surface area contributed by atoms with Gasteiger partial charge < -0.3 is 4.74 Å². The molecule has 0 radical (unpaired) electrons. The first-order valence-corrected chi connectivity index (χ1v) is 7.12. The summed E-state index contributed by atoms with van der Waals surface area (Å²) >= 11 is 0. The molecule has 0 atom stereocenters. The zero-order chi connectivity index (χ0) is 16.2. The molecule has 0 spiro atoms. The second-order valence-corrected chi connectivity index (χ2v) is 4.89. The Morgan fingerprint density at radius 1 is 0.957 bits per heavy atom. The first kappa shape index (κ1) is 14.8. The monoisotopic (exact) mass is 310 g/mol. The molecule has 3 amide bonds. The van der Waals surface area contributed by atoms with Crippen molar-refractivity contribution in [3.63, 3.8) is 0 Å². The summed E-state index contributed by atoms with van der Waals surface area (Å²) in [7, 11) is 0. The SMILES string of the molecule is O=C1CCOC(=O)N1N(C(=O)c1ccccc1)c1ccccc1. The number of amides is 3. The number of imide groups is 1. The third-order valence-electron chi connectivity index (χ3n) is 3.36. The number of benzene rings is 2. The maximum absolute atomic E-state index is 12.9. The highest BCUT2D eigenvalue weighted by atomic mass is 16.6. The molecule has 0 unspecified atom stereocenters. The molecule has 6 heteroatoms. The third kappa shape index (κ3) is 2.91. The van der Waals surface area contributed by atoms with Crippen LogP contribution in [0.3, 0.4) is 0 Å². The molecular weight excluding hydrogens is 296 g/mol. The molecule has 1 saturated heterocycles. The summed E-state index contributed by atoms with van der Waals surface area (Å²) in [4.78, 5) is 37.1. The highest BCUT2D eigenvalue weighted by Crippen LogP contribution is 2.22. The second-order valence-electron chi connectivity index (χ2n) is 4.89. The molecule has 116 valence electrons. The van der Waals surface area contributed by atoms with Crippen molar-refractivity contribution in [1.82, 2.24) is 5.01 Å². The van der Waals surface area contributed by atoms with Crippen LogP contribution in [0.2, 0.25) is 0 Å². The van der Waals surface area contributed by atoms with Gasteiger partial charge in [0, 0.05) is 5.56 Å². The van der Waals surface area contributed by atoms with Gasteiger partial charge in [-0.1, -0.05) is 36.4 Å². The molecule has 0 aliphatic carbocycles. The second kappa shape index (κ2) is 6.31. The Labute approximate surface area is 132 Å². The number of nitrogens with zero attached hydrogens (tertiary/aromatic N) is 2. The number of anilines is 1. The Kier molecular flexibility index (Phi) is 4.05. The van der Waals surface area contributed by atoms with E-state index in [-0.39, 0.29) is 13.0 Å². The Morgan fingerprint density at radius 2 is 1.57 bits per heavy atom. The molecule has 1 fully saturated rings. The van der Waals surface area contributed by atoms with Gasteiger partial charge in [0.15, 0.2) is 0 Å². The number of rotatable bonds is 3. The topological polar surface area (TPSA) is 66.9 Å². The zero-order valence-corrected chi connectivity index (χ0v) is 12.2. The number of para-hydroxylation sites is 1. The predicted molar refractivity (Wildman–Crippen MR) is 82.5 cm³/mol. The van der Waals surface area contributed by atoms with Crippen LogP contribution in [0.4, 0.5) is 10.5 Å². The third-order valence-corrected chi connectivity index (χ3v) is 3.36. The van der Waals surface area contributed by atoms with Gasteiger partial charge in [0.2, 0.25) is 0 Å². The molecule has 23 heavy (non-hydrogen) atoms. The van der Waals surface area contributed by atoms with E-state index in [9.17, 15) is 14.4 Å². The molecule has 2 aromatic rings. The van der Waals surface area contributed by atoms with E-state index in [2.05, 4.69) is 0 Å². The van der Waals surface area contributed by atoms with Gasteiger partial charge in [-0.25, -0.2) is 9.80 Å². The first-order chi connectivity index (χ1) is 11.2. The lowest BCUT2D eigenvalue weighted by atomic mass is 10.2. The predicted octanol–water partition coefficient (Wildman–Crippen LogP) is 2.62. The number of cyclic esters (lactones) is 1. The zero-order valence-electron chi connectivity index (χ0n) is 12.2. The van der Waals surface area contributed by atoms with E-state index in [0.29, 0.717) is 11.3 Å². The highest BCUT2D eigenvalue weighted by molar-refractivity contribution is 6.11. The minimum absolute atomic E-state index is 0.0241. The summed E-state index contributed by atoms with van der Waals surface area (Å²) in [5.74, 6) is -0.960. The Morgan fingerprint density at radius 3 is 2.17 bits per heavy atom. The fourth-order valence-electron chi connectivity index (χ4n) is 2.28. The van der Waals surface area contributed by atoms with Gasteiger partial charge in [-0.15, -0.1) is 5.01 Å². The largest absolute Gasteiger partial charge is 0.447 e. The quantitative estimate of drug-likeness (QED) is 0.874. The average Bonchev–Trinajstić information content (AvgIpc) is 2.59. The summed E-state index contributed by atoms with van der Waals surface area (Å²) in [5, 5.41) is 1.81. The fourth-order valence-corrected chi connectivity index (χ4v) is 2.28. The fraction of sp³-hybridized carbons (Fsp3) is 0.118. The van der Waals surface area contributed by atoms with Crippen molar-refractivity contribution in [3.8, 4) is 0 Å². The average molecular weight is 310 g/mol. The van der Waals surface area contributed by atoms with E-state index in [0.717, 1.165) is 10.0 Å². The molecule has 0 saturated carbocycles. The number of hydrogen-bond acceptors (Lipinski definition) is 4. The minimum Gasteiger partial charge on any atom is -0.447 e. The summed E-state index contributed by atoms with van der Waals surface area (Å²) in [6.07, 6.45) is -0.814. The summed E-state index contributed by atoms with van der Waals surface area (Å²) in [6.45, 7) is 0.0241. The molecule has 0 aromatic heterocycles. The summed E-state index contributed by atoms with van der Waals surface area (Å²) in [5.41, 5.74) is 0.774. The van der Waals surface area contributed by atoms with E-state index < -0.39 is 17.9 Å². The molecule has 1 aliphatic heterocycles. The molecule has 1 heterocycles. The highest BCUT2D eigenvalue weighted by Gasteiger charge is 2.37. The van der Waals surface area contributed by atoms with E-state index in [4.69, 9.17) is 4.74 Å². The van der Waals surface area contributed by atoms with Crippen LogP contribution in [0.25, 0.3) is 0 Å². The van der Waals surface area contributed by atoms with Crippen molar-refractivity contribution >= 4 is 23.6 Å². The van der Waals surface area contributed by atoms with Crippen LogP contribution in [0.15, 0.2) is 60.7 Å². The molecule has 2 aromatic carbocycles. The van der Waals surface area contributed by atoms with E-state index >= 15 is 0 Å². The van der Waals surface area contributed by atoms with Crippen LogP contribution in [-0.4, -0.2) is 29.5 Å². The lowest BCUT2D eigenvalue weighted by molar-refractivity contribution is -0.133. The van der Waals surface area contributed by atoms with Crippen molar-refractivity contribution in [2.45, 2.75) is 6.42 Å². The normalized spacial score (nSPS) is 14.3. The van der Waals surface area contributed by atoms with Crippen LogP contribution < -0.4 is 5.01 Å². The van der Waals surface area contributed by atoms with Crippen molar-refractivity contribution in [1.29, 1.82) is 0 Å². The lowest BCUT2D eigenvalue weighted by Crippen LogP contribution is -2.55. The van der Waals surface area contributed by atoms with Crippen molar-refractivity contribution < 1.29 is 19.1 Å². The van der Waals surface area contributed by atoms with Crippen LogP contribution in [0.5, 0.6) is 0 Å². The molecular formula is C17H14N2O4. The van der Waals surface area contributed by atoms with E-state index in [1.807, 2.05) is 0 Å². The van der Waals surface area contributed by atoms with Gasteiger partial charge in [-0.3, -0.25) is 9.59 Å². The van der Waals surface area contributed by atoms with Gasteiger partial charge in [0.1, 0.15) is 6.61 Å². The standard InChI is InChI=1S/C17H14N2O4/c20-15-11-12-23-17(22)19(15)18(14-9-5-2-6-10-14)16(21)13-7-3-1-4-8-13/h1-10H,11-12H2.